The molecule has 0 aliphatic rings. The second-order valence-electron chi connectivity index (χ2n) is 4.12. The highest BCUT2D eigenvalue weighted by atomic mass is 35.5. The molecule has 0 spiro atoms. The third-order valence-corrected chi connectivity index (χ3v) is 2.99. The lowest BCUT2D eigenvalue weighted by atomic mass is 10.2. The van der Waals surface area contributed by atoms with Crippen LogP contribution in [-0.4, -0.2) is 31.6 Å². The number of benzene rings is 1. The van der Waals surface area contributed by atoms with Gasteiger partial charge < -0.3 is 9.64 Å². The molecule has 1 aromatic rings. The van der Waals surface area contributed by atoms with Gasteiger partial charge in [-0.15, -0.1) is 0 Å². The van der Waals surface area contributed by atoms with E-state index in [9.17, 15) is 9.18 Å². The van der Waals surface area contributed by atoms with Crippen LogP contribution in [-0.2, 0) is 16.1 Å². The fourth-order valence-corrected chi connectivity index (χ4v) is 1.85. The van der Waals surface area contributed by atoms with Crippen LogP contribution in [0.5, 0.6) is 0 Å². The van der Waals surface area contributed by atoms with Crippen LogP contribution in [0.3, 0.4) is 0 Å². The average Bonchev–Trinajstić information content (AvgIpc) is 2.34. The molecule has 18 heavy (non-hydrogen) atoms. The molecule has 0 atom stereocenters. The van der Waals surface area contributed by atoms with Crippen molar-refractivity contribution in [3.8, 4) is 0 Å². The summed E-state index contributed by atoms with van der Waals surface area (Å²) in [5.41, 5.74) is 0.486. The summed E-state index contributed by atoms with van der Waals surface area (Å²) in [6.45, 7) is 1.10. The first-order valence-electron chi connectivity index (χ1n) is 5.73. The maximum absolute atomic E-state index is 13.5. The zero-order valence-corrected chi connectivity index (χ0v) is 11.3. The van der Waals surface area contributed by atoms with Crippen LogP contribution in [0.25, 0.3) is 0 Å². The molecule has 0 fully saturated rings. The van der Waals surface area contributed by atoms with E-state index < -0.39 is 0 Å². The van der Waals surface area contributed by atoms with Gasteiger partial charge in [0.2, 0.25) is 0 Å². The first-order valence-corrected chi connectivity index (χ1v) is 6.10. The molecule has 0 unspecified atom stereocenters. The number of methoxy groups -OCH3 is 1. The molecule has 0 saturated carbocycles. The summed E-state index contributed by atoms with van der Waals surface area (Å²) in [6.07, 6.45) is 1.04. The molecular formula is C13H17ClFNO2. The second kappa shape index (κ2) is 7.34. The summed E-state index contributed by atoms with van der Waals surface area (Å²) in [4.78, 5) is 12.9. The molecular weight excluding hydrogens is 257 g/mol. The summed E-state index contributed by atoms with van der Waals surface area (Å²) in [6, 6.07) is 4.64. The van der Waals surface area contributed by atoms with Crippen LogP contribution in [0, 0.1) is 5.82 Å². The monoisotopic (exact) mass is 273 g/mol. The Hall–Kier alpha value is -1.13. The third-order valence-electron chi connectivity index (χ3n) is 2.64. The van der Waals surface area contributed by atoms with Crippen molar-refractivity contribution >= 4 is 17.6 Å². The van der Waals surface area contributed by atoms with E-state index in [1.807, 2.05) is 11.9 Å². The zero-order chi connectivity index (χ0) is 13.5. The number of hydrogen-bond donors (Lipinski definition) is 0. The molecule has 100 valence electrons. The summed E-state index contributed by atoms with van der Waals surface area (Å²) in [7, 11) is 3.23. The maximum atomic E-state index is 13.5. The number of hydrogen-bond acceptors (Lipinski definition) is 3. The summed E-state index contributed by atoms with van der Waals surface area (Å²) >= 11 is 5.94. The Labute approximate surface area is 111 Å². The molecule has 0 heterocycles. The fraction of sp³-hybridized carbons (Fsp3) is 0.462. The average molecular weight is 274 g/mol. The van der Waals surface area contributed by atoms with E-state index in [2.05, 4.69) is 4.74 Å². The Morgan fingerprint density at radius 2 is 2.22 bits per heavy atom. The fourth-order valence-electron chi connectivity index (χ4n) is 1.63. The van der Waals surface area contributed by atoms with Gasteiger partial charge in [0.25, 0.3) is 0 Å². The molecule has 0 aliphatic carbocycles. The highest BCUT2D eigenvalue weighted by Gasteiger charge is 2.10. The number of carbonyl (C=O) groups is 1. The quantitative estimate of drug-likeness (QED) is 0.747. The molecule has 0 aromatic heterocycles. The molecule has 3 nitrogen and oxygen atoms in total. The van der Waals surface area contributed by atoms with Crippen LogP contribution in [0.4, 0.5) is 4.39 Å². The van der Waals surface area contributed by atoms with Crippen molar-refractivity contribution in [3.63, 3.8) is 0 Å². The lowest BCUT2D eigenvalue weighted by molar-refractivity contribution is -0.140. The van der Waals surface area contributed by atoms with Crippen LogP contribution in [0.1, 0.15) is 18.4 Å². The Balaban J connectivity index is 2.45. The van der Waals surface area contributed by atoms with E-state index in [0.29, 0.717) is 36.5 Å². The lowest BCUT2D eigenvalue weighted by Gasteiger charge is -2.17. The minimum Gasteiger partial charge on any atom is -0.469 e. The summed E-state index contributed by atoms with van der Waals surface area (Å²) < 4.78 is 18.1. The molecule has 0 amide bonds. The number of carbonyl (C=O) groups excluding carboxylic acids is 1. The van der Waals surface area contributed by atoms with Crippen molar-refractivity contribution in [2.75, 3.05) is 20.7 Å². The van der Waals surface area contributed by atoms with E-state index in [-0.39, 0.29) is 11.8 Å². The van der Waals surface area contributed by atoms with E-state index in [1.54, 1.807) is 12.1 Å². The Kier molecular flexibility index (Phi) is 6.09. The minimum absolute atomic E-state index is 0.229. The molecule has 5 heteroatoms. The number of esters is 1. The van der Waals surface area contributed by atoms with Gasteiger partial charge in [-0.05, 0) is 32.1 Å². The Morgan fingerprint density at radius 3 is 2.83 bits per heavy atom. The standard InChI is InChI=1S/C13H17ClFNO2/c1-16(8-4-7-13(17)18-2)9-10-11(14)5-3-6-12(10)15/h3,5-6H,4,7-9H2,1-2H3. The van der Waals surface area contributed by atoms with Gasteiger partial charge >= 0.3 is 5.97 Å². The number of ether oxygens (including phenoxy) is 1. The van der Waals surface area contributed by atoms with Crippen molar-refractivity contribution in [3.05, 3.63) is 34.6 Å². The van der Waals surface area contributed by atoms with Gasteiger partial charge in [0, 0.05) is 23.6 Å². The van der Waals surface area contributed by atoms with Gasteiger partial charge in [-0.1, -0.05) is 17.7 Å². The zero-order valence-electron chi connectivity index (χ0n) is 10.6. The van der Waals surface area contributed by atoms with Crippen molar-refractivity contribution in [1.29, 1.82) is 0 Å². The Bertz CT molecular complexity index is 392. The van der Waals surface area contributed by atoms with E-state index in [4.69, 9.17) is 11.6 Å². The van der Waals surface area contributed by atoms with Gasteiger partial charge in [0.05, 0.1) is 7.11 Å². The predicted octanol–water partition coefficient (Wildman–Crippen LogP) is 2.86. The topological polar surface area (TPSA) is 29.5 Å². The van der Waals surface area contributed by atoms with Crippen molar-refractivity contribution in [2.45, 2.75) is 19.4 Å². The van der Waals surface area contributed by atoms with Crippen molar-refractivity contribution < 1.29 is 13.9 Å². The van der Waals surface area contributed by atoms with Gasteiger partial charge in [-0.2, -0.15) is 0 Å². The van der Waals surface area contributed by atoms with Crippen LogP contribution < -0.4 is 0 Å². The predicted molar refractivity (Wildman–Crippen MR) is 69.0 cm³/mol. The molecule has 1 rings (SSSR count). The second-order valence-corrected chi connectivity index (χ2v) is 4.52. The van der Waals surface area contributed by atoms with Crippen LogP contribution >= 0.6 is 11.6 Å². The molecule has 0 aliphatic heterocycles. The van der Waals surface area contributed by atoms with Crippen LogP contribution in [0.15, 0.2) is 18.2 Å². The molecule has 0 N–H and O–H groups in total. The SMILES string of the molecule is COC(=O)CCCN(C)Cc1c(F)cccc1Cl. The molecule has 1 aromatic carbocycles. The third kappa shape index (κ3) is 4.63. The largest absolute Gasteiger partial charge is 0.469 e. The summed E-state index contributed by atoms with van der Waals surface area (Å²) in [5.74, 6) is -0.533. The Morgan fingerprint density at radius 1 is 1.50 bits per heavy atom. The van der Waals surface area contributed by atoms with Gasteiger partial charge in [-0.3, -0.25) is 4.79 Å². The molecule has 0 saturated heterocycles. The first kappa shape index (κ1) is 14.9. The smallest absolute Gasteiger partial charge is 0.305 e. The van der Waals surface area contributed by atoms with Crippen molar-refractivity contribution in [2.24, 2.45) is 0 Å². The van der Waals surface area contributed by atoms with Gasteiger partial charge in [0.15, 0.2) is 0 Å². The highest BCUT2D eigenvalue weighted by Crippen LogP contribution is 2.20. The first-order chi connectivity index (χ1) is 8.54. The van der Waals surface area contributed by atoms with Gasteiger partial charge in [0.1, 0.15) is 5.82 Å². The van der Waals surface area contributed by atoms with E-state index in [0.717, 1.165) is 0 Å². The van der Waals surface area contributed by atoms with Crippen molar-refractivity contribution in [1.82, 2.24) is 4.90 Å². The number of nitrogens with zero attached hydrogens (tertiary/aromatic N) is 1. The molecule has 0 radical (unpaired) electrons. The van der Waals surface area contributed by atoms with Gasteiger partial charge in [-0.25, -0.2) is 4.39 Å². The highest BCUT2D eigenvalue weighted by molar-refractivity contribution is 6.31. The van der Waals surface area contributed by atoms with E-state index >= 15 is 0 Å². The number of halogens is 2. The maximum Gasteiger partial charge on any atom is 0.305 e. The number of rotatable bonds is 6. The normalized spacial score (nSPS) is 10.7. The lowest BCUT2D eigenvalue weighted by Crippen LogP contribution is -2.21. The van der Waals surface area contributed by atoms with Crippen LogP contribution in [0.2, 0.25) is 5.02 Å². The minimum atomic E-state index is -0.303. The summed E-state index contributed by atoms with van der Waals surface area (Å²) in [5, 5.41) is 0.426. The van der Waals surface area contributed by atoms with E-state index in [1.165, 1.54) is 13.2 Å². The molecule has 0 bridgehead atoms.